The van der Waals surface area contributed by atoms with Crippen molar-refractivity contribution in [3.63, 3.8) is 0 Å². The summed E-state index contributed by atoms with van der Waals surface area (Å²) in [7, 11) is 0. The Morgan fingerprint density at radius 3 is 2.89 bits per heavy atom. The number of fused-ring (bicyclic) bond motifs is 1. The third-order valence-electron chi connectivity index (χ3n) is 3.47. The topological polar surface area (TPSA) is 49.2 Å². The molecule has 1 atom stereocenters. The second-order valence-electron chi connectivity index (χ2n) is 5.03. The normalized spacial score (nSPS) is 18.8. The first-order chi connectivity index (χ1) is 9.20. The van der Waals surface area contributed by atoms with Crippen molar-refractivity contribution in [2.24, 2.45) is 5.92 Å². The zero-order valence-electron chi connectivity index (χ0n) is 11.1. The molecule has 1 aliphatic rings. The molecule has 2 heterocycles. The molecule has 4 nitrogen and oxygen atoms in total. The molecule has 0 saturated carbocycles. The van der Waals surface area contributed by atoms with Crippen LogP contribution < -0.4 is 5.06 Å². The molecule has 0 spiro atoms. The summed E-state index contributed by atoms with van der Waals surface area (Å²) >= 11 is 0. The number of hydrogen-bond donors (Lipinski definition) is 0. The van der Waals surface area contributed by atoms with Crippen LogP contribution >= 0.6 is 0 Å². The first-order valence-corrected chi connectivity index (χ1v) is 6.40. The van der Waals surface area contributed by atoms with Crippen LogP contribution in [0.2, 0.25) is 0 Å². The van der Waals surface area contributed by atoms with Crippen molar-refractivity contribution in [3.8, 4) is 6.07 Å². The van der Waals surface area contributed by atoms with E-state index in [0.717, 1.165) is 23.0 Å². The van der Waals surface area contributed by atoms with E-state index in [9.17, 15) is 5.26 Å². The molecule has 0 aliphatic carbocycles. The van der Waals surface area contributed by atoms with E-state index in [4.69, 9.17) is 4.84 Å². The standard InChI is InChI=1S/C15H15N3O/c1-10-8-18(19-9-10)15-13(7-16)11(2)12-5-3-4-6-14(12)17-15/h3-6,10H,8-9H2,1-2H3. The number of anilines is 1. The zero-order valence-corrected chi connectivity index (χ0v) is 11.1. The van der Waals surface area contributed by atoms with Crippen LogP contribution in [0.3, 0.4) is 0 Å². The summed E-state index contributed by atoms with van der Waals surface area (Å²) in [5.41, 5.74) is 2.47. The van der Waals surface area contributed by atoms with Gasteiger partial charge in [0.05, 0.1) is 18.7 Å². The second-order valence-corrected chi connectivity index (χ2v) is 5.03. The molecule has 0 amide bonds. The third-order valence-corrected chi connectivity index (χ3v) is 3.47. The van der Waals surface area contributed by atoms with Crippen LogP contribution in [0, 0.1) is 24.2 Å². The number of rotatable bonds is 1. The van der Waals surface area contributed by atoms with E-state index in [1.165, 1.54) is 0 Å². The first kappa shape index (κ1) is 11.9. The molecule has 96 valence electrons. The molecule has 1 aliphatic heterocycles. The summed E-state index contributed by atoms with van der Waals surface area (Å²) in [6, 6.07) is 10.1. The van der Waals surface area contributed by atoms with Crippen LogP contribution in [0.4, 0.5) is 5.82 Å². The van der Waals surface area contributed by atoms with Gasteiger partial charge in [-0.3, -0.25) is 4.84 Å². The lowest BCUT2D eigenvalue weighted by atomic mass is 10.0. The Morgan fingerprint density at radius 1 is 1.42 bits per heavy atom. The largest absolute Gasteiger partial charge is 0.272 e. The Hall–Kier alpha value is -2.12. The van der Waals surface area contributed by atoms with Crippen molar-refractivity contribution < 1.29 is 4.84 Å². The van der Waals surface area contributed by atoms with Crippen LogP contribution in [-0.2, 0) is 4.84 Å². The van der Waals surface area contributed by atoms with Gasteiger partial charge in [0.2, 0.25) is 0 Å². The minimum atomic E-state index is 0.458. The van der Waals surface area contributed by atoms with E-state index >= 15 is 0 Å². The van der Waals surface area contributed by atoms with Crippen LogP contribution in [0.5, 0.6) is 0 Å². The molecule has 1 saturated heterocycles. The molecule has 1 fully saturated rings. The van der Waals surface area contributed by atoms with Gasteiger partial charge in [-0.1, -0.05) is 25.1 Å². The van der Waals surface area contributed by atoms with Gasteiger partial charge in [-0.15, -0.1) is 0 Å². The molecule has 0 bridgehead atoms. The summed E-state index contributed by atoms with van der Waals surface area (Å²) in [5, 5.41) is 12.2. The van der Waals surface area contributed by atoms with Crippen molar-refractivity contribution in [2.45, 2.75) is 13.8 Å². The minimum absolute atomic E-state index is 0.458. The fraction of sp³-hybridized carbons (Fsp3) is 0.333. The van der Waals surface area contributed by atoms with Gasteiger partial charge < -0.3 is 0 Å². The Balaban J connectivity index is 2.21. The van der Waals surface area contributed by atoms with E-state index in [1.54, 1.807) is 5.06 Å². The lowest BCUT2D eigenvalue weighted by molar-refractivity contribution is 0.158. The summed E-state index contributed by atoms with van der Waals surface area (Å²) in [5.74, 6) is 1.10. The molecule has 1 unspecified atom stereocenters. The molecule has 1 aromatic carbocycles. The Labute approximate surface area is 112 Å². The van der Waals surface area contributed by atoms with E-state index in [1.807, 2.05) is 31.2 Å². The van der Waals surface area contributed by atoms with Crippen LogP contribution in [0.1, 0.15) is 18.1 Å². The summed E-state index contributed by atoms with van der Waals surface area (Å²) < 4.78 is 0. The van der Waals surface area contributed by atoms with Gasteiger partial charge in [-0.2, -0.15) is 5.26 Å². The summed E-state index contributed by atoms with van der Waals surface area (Å²) in [4.78, 5) is 10.2. The number of para-hydroxylation sites is 1. The fourth-order valence-corrected chi connectivity index (χ4v) is 2.43. The van der Waals surface area contributed by atoms with Crippen LogP contribution in [-0.4, -0.2) is 18.1 Å². The molecular formula is C15H15N3O. The maximum Gasteiger partial charge on any atom is 0.171 e. The smallest absolute Gasteiger partial charge is 0.171 e. The van der Waals surface area contributed by atoms with Crippen molar-refractivity contribution in [1.29, 1.82) is 5.26 Å². The first-order valence-electron chi connectivity index (χ1n) is 6.40. The number of aromatic nitrogens is 1. The number of nitrogens with zero attached hydrogens (tertiary/aromatic N) is 3. The van der Waals surface area contributed by atoms with E-state index in [0.29, 0.717) is 23.9 Å². The quantitative estimate of drug-likeness (QED) is 0.784. The Bertz CT molecular complexity index is 675. The van der Waals surface area contributed by atoms with Gasteiger partial charge >= 0.3 is 0 Å². The predicted octanol–water partition coefficient (Wildman–Crippen LogP) is 2.80. The number of nitriles is 1. The average molecular weight is 253 g/mol. The predicted molar refractivity (Wildman–Crippen MR) is 73.7 cm³/mol. The van der Waals surface area contributed by atoms with Gasteiger partial charge in [0.25, 0.3) is 0 Å². The highest BCUT2D eigenvalue weighted by atomic mass is 16.7. The van der Waals surface area contributed by atoms with Crippen molar-refractivity contribution in [2.75, 3.05) is 18.2 Å². The maximum absolute atomic E-state index is 9.41. The zero-order chi connectivity index (χ0) is 13.4. The summed E-state index contributed by atoms with van der Waals surface area (Å²) in [6.45, 7) is 5.55. The fourth-order valence-electron chi connectivity index (χ4n) is 2.43. The monoisotopic (exact) mass is 253 g/mol. The molecule has 0 N–H and O–H groups in total. The second kappa shape index (κ2) is 4.52. The van der Waals surface area contributed by atoms with E-state index < -0.39 is 0 Å². The highest BCUT2D eigenvalue weighted by molar-refractivity contribution is 5.87. The van der Waals surface area contributed by atoms with Gasteiger partial charge in [0, 0.05) is 11.3 Å². The van der Waals surface area contributed by atoms with E-state index in [-0.39, 0.29) is 0 Å². The van der Waals surface area contributed by atoms with Crippen molar-refractivity contribution in [1.82, 2.24) is 4.98 Å². The highest BCUT2D eigenvalue weighted by Gasteiger charge is 2.25. The van der Waals surface area contributed by atoms with Gasteiger partial charge in [0.15, 0.2) is 5.82 Å². The lowest BCUT2D eigenvalue weighted by Gasteiger charge is -2.18. The number of hydrogen-bond acceptors (Lipinski definition) is 4. The number of pyridine rings is 1. The van der Waals surface area contributed by atoms with Crippen molar-refractivity contribution in [3.05, 3.63) is 35.4 Å². The molecule has 3 rings (SSSR count). The third kappa shape index (κ3) is 1.92. The minimum Gasteiger partial charge on any atom is -0.272 e. The Morgan fingerprint density at radius 2 is 2.21 bits per heavy atom. The molecule has 4 heteroatoms. The lowest BCUT2D eigenvalue weighted by Crippen LogP contribution is -2.20. The molecule has 2 aromatic rings. The molecular weight excluding hydrogens is 238 g/mol. The van der Waals surface area contributed by atoms with Gasteiger partial charge in [-0.05, 0) is 18.6 Å². The average Bonchev–Trinajstić information content (AvgIpc) is 2.85. The molecule has 19 heavy (non-hydrogen) atoms. The highest BCUT2D eigenvalue weighted by Crippen LogP contribution is 2.30. The van der Waals surface area contributed by atoms with Crippen LogP contribution in [0.15, 0.2) is 24.3 Å². The number of hydroxylamine groups is 1. The van der Waals surface area contributed by atoms with Gasteiger partial charge in [0.1, 0.15) is 11.6 Å². The summed E-state index contributed by atoms with van der Waals surface area (Å²) in [6.07, 6.45) is 0. The van der Waals surface area contributed by atoms with Crippen molar-refractivity contribution >= 4 is 16.7 Å². The molecule has 0 radical (unpaired) electrons. The maximum atomic E-state index is 9.41. The molecule has 1 aromatic heterocycles. The number of benzene rings is 1. The SMILES string of the molecule is Cc1c(C#N)c(N2CC(C)CO2)nc2ccccc12. The Kier molecular flexibility index (Phi) is 2.84. The van der Waals surface area contributed by atoms with Crippen LogP contribution in [0.25, 0.3) is 10.9 Å². The van der Waals surface area contributed by atoms with E-state index in [2.05, 4.69) is 18.0 Å². The number of aryl methyl sites for hydroxylation is 1. The van der Waals surface area contributed by atoms with Gasteiger partial charge in [-0.25, -0.2) is 10.0 Å².